The fourth-order valence-electron chi connectivity index (χ4n) is 3.23. The molecular weight excluding hydrogens is 511 g/mol. The largest absolute Gasteiger partial charge is 0.432 e. The van der Waals surface area contributed by atoms with Crippen molar-refractivity contribution in [2.75, 3.05) is 23.6 Å². The molecule has 6 nitrogen and oxygen atoms in total. The first-order valence-corrected chi connectivity index (χ1v) is 12.0. The van der Waals surface area contributed by atoms with Crippen LogP contribution in [0, 0.1) is 0 Å². The molecule has 2 aromatic carbocycles. The van der Waals surface area contributed by atoms with E-state index in [9.17, 15) is 9.36 Å². The van der Waals surface area contributed by atoms with Gasteiger partial charge in [0.05, 0.1) is 18.9 Å². The second kappa shape index (κ2) is 8.67. The van der Waals surface area contributed by atoms with Gasteiger partial charge in [-0.3, -0.25) is 18.9 Å². The Labute approximate surface area is 181 Å². The number of hydrogen-bond acceptors (Lipinski definition) is 4. The third kappa shape index (κ3) is 4.36. The molecule has 1 aliphatic carbocycles. The molecule has 9 heteroatoms. The molecule has 1 aliphatic rings. The van der Waals surface area contributed by atoms with E-state index in [2.05, 4.69) is 42.3 Å². The lowest BCUT2D eigenvalue weighted by atomic mass is 10.1. The number of nitrogens with one attached hydrogen (secondary N) is 2. The van der Waals surface area contributed by atoms with Crippen LogP contribution in [0.4, 0.5) is 11.4 Å². The highest BCUT2D eigenvalue weighted by molar-refractivity contribution is 9.11. The Hall–Kier alpha value is -1.18. The first-order chi connectivity index (χ1) is 13.3. The average Bonchev–Trinajstić information content (AvgIpc) is 2.96. The van der Waals surface area contributed by atoms with E-state index < -0.39 is 7.75 Å². The van der Waals surface area contributed by atoms with E-state index in [4.69, 9.17) is 9.05 Å². The van der Waals surface area contributed by atoms with Gasteiger partial charge in [0.1, 0.15) is 0 Å². The van der Waals surface area contributed by atoms with Crippen molar-refractivity contribution in [2.24, 2.45) is 0 Å². The van der Waals surface area contributed by atoms with Crippen LogP contribution in [0.5, 0.6) is 0 Å². The number of hydrogen-bond donors (Lipinski definition) is 2. The minimum Gasteiger partial charge on any atom is -0.324 e. The summed E-state index contributed by atoms with van der Waals surface area (Å²) >= 11 is 7.18. The second-order valence-electron chi connectivity index (χ2n) is 6.25. The van der Waals surface area contributed by atoms with Crippen molar-refractivity contribution in [3.8, 4) is 11.1 Å². The summed E-state index contributed by atoms with van der Waals surface area (Å²) in [4.78, 5) is 11.5. The van der Waals surface area contributed by atoms with Crippen LogP contribution in [0.3, 0.4) is 0 Å². The minimum absolute atomic E-state index is 0.133. The number of carbonyl (C=O) groups excluding carboxylic acids is 1. The summed E-state index contributed by atoms with van der Waals surface area (Å²) in [6, 6.07) is 7.82. The molecule has 3 rings (SSSR count). The predicted molar refractivity (Wildman–Crippen MR) is 119 cm³/mol. The van der Waals surface area contributed by atoms with Gasteiger partial charge in [-0.25, -0.2) is 4.57 Å². The van der Waals surface area contributed by atoms with Gasteiger partial charge < -0.3 is 5.32 Å². The van der Waals surface area contributed by atoms with Gasteiger partial charge in [-0.1, -0.05) is 6.07 Å². The Bertz CT molecular complexity index is 971. The quantitative estimate of drug-likeness (QED) is 0.348. The Morgan fingerprint density at radius 3 is 2.43 bits per heavy atom. The lowest BCUT2D eigenvalue weighted by molar-refractivity contribution is -0.114. The van der Waals surface area contributed by atoms with Gasteiger partial charge in [0.25, 0.3) is 0 Å². The number of benzene rings is 2. The van der Waals surface area contributed by atoms with Crippen molar-refractivity contribution >= 4 is 56.9 Å². The molecule has 0 aliphatic heterocycles. The van der Waals surface area contributed by atoms with Crippen molar-refractivity contribution in [3.05, 3.63) is 44.3 Å². The van der Waals surface area contributed by atoms with Crippen LogP contribution in [0.2, 0.25) is 0 Å². The Balaban J connectivity index is 1.94. The van der Waals surface area contributed by atoms with E-state index in [1.54, 1.807) is 13.8 Å². The van der Waals surface area contributed by atoms with E-state index in [1.165, 1.54) is 6.92 Å². The molecule has 28 heavy (non-hydrogen) atoms. The second-order valence-corrected chi connectivity index (χ2v) is 9.63. The smallest absolute Gasteiger partial charge is 0.324 e. The fourth-order valence-corrected chi connectivity index (χ4v) is 6.02. The van der Waals surface area contributed by atoms with E-state index in [1.807, 2.05) is 24.3 Å². The van der Waals surface area contributed by atoms with Crippen molar-refractivity contribution in [3.63, 3.8) is 0 Å². The normalized spacial score (nSPS) is 12.5. The van der Waals surface area contributed by atoms with E-state index in [0.29, 0.717) is 12.1 Å². The van der Waals surface area contributed by atoms with Gasteiger partial charge in [0.15, 0.2) is 0 Å². The maximum atomic E-state index is 12.7. The molecule has 0 aromatic heterocycles. The highest BCUT2D eigenvalue weighted by Crippen LogP contribution is 2.50. The van der Waals surface area contributed by atoms with Gasteiger partial charge in [0.2, 0.25) is 5.91 Å². The van der Waals surface area contributed by atoms with Crippen LogP contribution in [-0.4, -0.2) is 19.1 Å². The van der Waals surface area contributed by atoms with Crippen molar-refractivity contribution in [1.82, 2.24) is 0 Å². The number of amides is 1. The van der Waals surface area contributed by atoms with Crippen molar-refractivity contribution in [1.29, 1.82) is 0 Å². The monoisotopic (exact) mass is 530 g/mol. The Morgan fingerprint density at radius 2 is 1.82 bits per heavy atom. The third-order valence-electron chi connectivity index (χ3n) is 4.25. The molecular formula is C19H21Br2N2O4P. The molecule has 0 spiro atoms. The number of carbonyl (C=O) groups is 1. The summed E-state index contributed by atoms with van der Waals surface area (Å²) in [6.45, 7) is 5.60. The summed E-state index contributed by atoms with van der Waals surface area (Å²) in [5, 5.41) is 5.76. The van der Waals surface area contributed by atoms with Crippen LogP contribution in [0.1, 0.15) is 31.9 Å². The average molecular weight is 532 g/mol. The summed E-state index contributed by atoms with van der Waals surface area (Å²) in [7, 11) is -3.40. The summed E-state index contributed by atoms with van der Waals surface area (Å²) < 4.78 is 25.0. The van der Waals surface area contributed by atoms with Gasteiger partial charge >= 0.3 is 7.75 Å². The minimum atomic E-state index is -3.40. The van der Waals surface area contributed by atoms with Crippen molar-refractivity contribution < 1.29 is 18.4 Å². The SMILES string of the molecule is CCOP(=O)(Nc1ccc2c(c1)Cc1c-2cc(Br)c(NC(C)=O)c1Br)OCC. The van der Waals surface area contributed by atoms with E-state index in [-0.39, 0.29) is 19.1 Å². The topological polar surface area (TPSA) is 76.7 Å². The molecule has 0 saturated heterocycles. The summed E-state index contributed by atoms with van der Waals surface area (Å²) in [5.74, 6) is -0.133. The van der Waals surface area contributed by atoms with Gasteiger partial charge in [-0.05, 0) is 92.6 Å². The maximum absolute atomic E-state index is 12.7. The van der Waals surface area contributed by atoms with Gasteiger partial charge in [0, 0.05) is 21.6 Å². The van der Waals surface area contributed by atoms with Crippen LogP contribution in [0.25, 0.3) is 11.1 Å². The molecule has 0 saturated carbocycles. The van der Waals surface area contributed by atoms with Crippen LogP contribution >= 0.6 is 39.6 Å². The fraction of sp³-hybridized carbons (Fsp3) is 0.316. The molecule has 0 bridgehead atoms. The highest BCUT2D eigenvalue weighted by atomic mass is 79.9. The number of fused-ring (bicyclic) bond motifs is 3. The van der Waals surface area contributed by atoms with E-state index in [0.717, 1.165) is 36.9 Å². The molecule has 0 radical (unpaired) electrons. The van der Waals surface area contributed by atoms with Gasteiger partial charge in [-0.15, -0.1) is 0 Å². The molecule has 2 aromatic rings. The molecule has 0 heterocycles. The molecule has 1 amide bonds. The van der Waals surface area contributed by atoms with Crippen LogP contribution < -0.4 is 10.4 Å². The zero-order valence-corrected chi connectivity index (χ0v) is 19.8. The summed E-state index contributed by atoms with van der Waals surface area (Å²) in [5.41, 5.74) is 5.76. The lowest BCUT2D eigenvalue weighted by Crippen LogP contribution is -2.08. The third-order valence-corrected chi connectivity index (χ3v) is 7.48. The highest BCUT2D eigenvalue weighted by Gasteiger charge is 2.27. The molecule has 2 N–H and O–H groups in total. The molecule has 150 valence electrons. The number of halogens is 2. The van der Waals surface area contributed by atoms with Crippen molar-refractivity contribution in [2.45, 2.75) is 27.2 Å². The van der Waals surface area contributed by atoms with Crippen LogP contribution in [-0.2, 0) is 24.8 Å². The zero-order chi connectivity index (χ0) is 20.5. The number of anilines is 2. The molecule has 0 atom stereocenters. The standard InChI is InChI=1S/C19H21Br2N2O4P/c1-4-26-28(25,27-5-2)23-13-6-7-14-12(8-13)9-16-15(14)10-17(20)19(18(16)21)22-11(3)24/h6-8,10H,4-5,9H2,1-3H3,(H,22,24)(H,23,25). The Morgan fingerprint density at radius 1 is 1.14 bits per heavy atom. The predicted octanol–water partition coefficient (Wildman–Crippen LogP) is 6.33. The van der Waals surface area contributed by atoms with E-state index >= 15 is 0 Å². The molecule has 0 unspecified atom stereocenters. The Kier molecular flexibility index (Phi) is 6.67. The zero-order valence-electron chi connectivity index (χ0n) is 15.8. The first-order valence-electron chi connectivity index (χ1n) is 8.87. The van der Waals surface area contributed by atoms with Crippen LogP contribution in [0.15, 0.2) is 33.2 Å². The first kappa shape index (κ1) is 21.5. The molecule has 0 fully saturated rings. The van der Waals surface area contributed by atoms with Gasteiger partial charge in [-0.2, -0.15) is 0 Å². The lowest BCUT2D eigenvalue weighted by Gasteiger charge is -2.19. The maximum Gasteiger partial charge on any atom is 0.432 e. The summed E-state index contributed by atoms with van der Waals surface area (Å²) in [6.07, 6.45) is 0.689. The number of rotatable bonds is 7.